The third kappa shape index (κ3) is 2.51. The SMILES string of the molecule is COCc1cc(C)nc2sc3c(c12)N[C@H](c1ccc(Br)o1)NC3=O. The molecule has 0 spiro atoms. The van der Waals surface area contributed by atoms with Gasteiger partial charge in [0.25, 0.3) is 5.91 Å². The normalized spacial score (nSPS) is 16.8. The molecule has 0 fully saturated rings. The minimum Gasteiger partial charge on any atom is -0.450 e. The molecule has 0 unspecified atom stereocenters. The maximum Gasteiger partial charge on any atom is 0.265 e. The first-order valence-corrected chi connectivity index (χ1v) is 8.92. The number of fused-ring (bicyclic) bond motifs is 3. The molecule has 4 heterocycles. The van der Waals surface area contributed by atoms with Gasteiger partial charge in [0.1, 0.15) is 15.5 Å². The van der Waals surface area contributed by atoms with Crippen LogP contribution in [-0.2, 0) is 11.3 Å². The summed E-state index contributed by atoms with van der Waals surface area (Å²) in [6.45, 7) is 2.40. The quantitative estimate of drug-likeness (QED) is 0.686. The summed E-state index contributed by atoms with van der Waals surface area (Å²) in [5.74, 6) is 0.499. The van der Waals surface area contributed by atoms with Crippen molar-refractivity contribution in [1.29, 1.82) is 0 Å². The number of methoxy groups -OCH3 is 1. The molecule has 0 bridgehead atoms. The van der Waals surface area contributed by atoms with E-state index in [9.17, 15) is 4.79 Å². The summed E-state index contributed by atoms with van der Waals surface area (Å²) in [6.07, 6.45) is -0.425. The number of aromatic nitrogens is 1. The zero-order valence-corrected chi connectivity index (χ0v) is 15.4. The van der Waals surface area contributed by atoms with Crippen molar-refractivity contribution in [3.63, 3.8) is 0 Å². The number of carbonyl (C=O) groups excluding carboxylic acids is 1. The van der Waals surface area contributed by atoms with Gasteiger partial charge in [-0.2, -0.15) is 0 Å². The van der Waals surface area contributed by atoms with Crippen molar-refractivity contribution in [2.24, 2.45) is 0 Å². The fraction of sp³-hybridized carbons (Fsp3) is 0.250. The Morgan fingerprint density at radius 1 is 1.42 bits per heavy atom. The second kappa shape index (κ2) is 5.87. The highest BCUT2D eigenvalue weighted by molar-refractivity contribution is 9.10. The monoisotopic (exact) mass is 407 g/mol. The minimum atomic E-state index is -0.425. The summed E-state index contributed by atoms with van der Waals surface area (Å²) in [7, 11) is 1.66. The van der Waals surface area contributed by atoms with E-state index in [2.05, 4.69) is 31.5 Å². The van der Waals surface area contributed by atoms with Crippen LogP contribution < -0.4 is 10.6 Å². The molecule has 2 N–H and O–H groups in total. The van der Waals surface area contributed by atoms with Gasteiger partial charge in [-0.05, 0) is 46.6 Å². The second-order valence-electron chi connectivity index (χ2n) is 5.53. The molecule has 124 valence electrons. The molecule has 1 aliphatic rings. The molecule has 6 nitrogen and oxygen atoms in total. The van der Waals surface area contributed by atoms with Gasteiger partial charge in [0.05, 0.1) is 12.3 Å². The molecule has 8 heteroatoms. The number of anilines is 1. The summed E-state index contributed by atoms with van der Waals surface area (Å²) < 4.78 is 11.5. The first-order chi connectivity index (χ1) is 11.6. The van der Waals surface area contributed by atoms with Gasteiger partial charge in [0.2, 0.25) is 0 Å². The van der Waals surface area contributed by atoms with Crippen LogP contribution in [0.3, 0.4) is 0 Å². The number of nitrogens with one attached hydrogen (secondary N) is 2. The zero-order valence-electron chi connectivity index (χ0n) is 13.0. The maximum absolute atomic E-state index is 12.5. The van der Waals surface area contributed by atoms with E-state index < -0.39 is 6.17 Å². The molecular formula is C16H14BrN3O3S. The minimum absolute atomic E-state index is 0.134. The number of furan rings is 1. The number of aryl methyl sites for hydroxylation is 1. The lowest BCUT2D eigenvalue weighted by molar-refractivity contribution is 0.0935. The van der Waals surface area contributed by atoms with Crippen LogP contribution in [0.15, 0.2) is 27.3 Å². The third-order valence-electron chi connectivity index (χ3n) is 3.82. The molecule has 0 saturated heterocycles. The highest BCUT2D eigenvalue weighted by Crippen LogP contribution is 2.41. The molecular weight excluding hydrogens is 394 g/mol. The highest BCUT2D eigenvalue weighted by atomic mass is 79.9. The number of amides is 1. The summed E-state index contributed by atoms with van der Waals surface area (Å²) in [6, 6.07) is 5.61. The Morgan fingerprint density at radius 3 is 2.96 bits per heavy atom. The predicted molar refractivity (Wildman–Crippen MR) is 95.3 cm³/mol. The van der Waals surface area contributed by atoms with E-state index >= 15 is 0 Å². The van der Waals surface area contributed by atoms with Crippen LogP contribution in [0.4, 0.5) is 5.69 Å². The molecule has 3 aromatic heterocycles. The Bertz CT molecular complexity index is 950. The van der Waals surface area contributed by atoms with Crippen LogP contribution in [0.2, 0.25) is 0 Å². The first-order valence-electron chi connectivity index (χ1n) is 7.31. The molecule has 0 aliphatic carbocycles. The predicted octanol–water partition coefficient (Wildman–Crippen LogP) is 3.96. The van der Waals surface area contributed by atoms with Gasteiger partial charge in [-0.25, -0.2) is 4.98 Å². The van der Waals surface area contributed by atoms with Crippen molar-refractivity contribution in [2.45, 2.75) is 19.7 Å². The number of hydrogen-bond acceptors (Lipinski definition) is 6. The number of thiophene rings is 1. The average Bonchev–Trinajstić information content (AvgIpc) is 3.11. The molecule has 1 aliphatic heterocycles. The van der Waals surface area contributed by atoms with Crippen LogP contribution in [0.25, 0.3) is 10.2 Å². The van der Waals surface area contributed by atoms with Gasteiger partial charge in [-0.3, -0.25) is 4.79 Å². The van der Waals surface area contributed by atoms with E-state index in [0.29, 0.717) is 21.9 Å². The lowest BCUT2D eigenvalue weighted by atomic mass is 10.1. The van der Waals surface area contributed by atoms with Crippen molar-refractivity contribution >= 4 is 49.1 Å². The summed E-state index contributed by atoms with van der Waals surface area (Å²) in [5.41, 5.74) is 2.70. The van der Waals surface area contributed by atoms with E-state index in [0.717, 1.165) is 27.2 Å². The molecule has 1 amide bonds. The largest absolute Gasteiger partial charge is 0.450 e. The van der Waals surface area contributed by atoms with Gasteiger partial charge < -0.3 is 19.8 Å². The Balaban J connectivity index is 1.86. The first kappa shape index (κ1) is 15.6. The molecule has 0 saturated carbocycles. The van der Waals surface area contributed by atoms with Crippen molar-refractivity contribution in [3.8, 4) is 0 Å². The van der Waals surface area contributed by atoms with Crippen molar-refractivity contribution < 1.29 is 13.9 Å². The fourth-order valence-electron chi connectivity index (χ4n) is 2.88. The Kier molecular flexibility index (Phi) is 3.82. The molecule has 0 radical (unpaired) electrons. The topological polar surface area (TPSA) is 76.4 Å². The highest BCUT2D eigenvalue weighted by Gasteiger charge is 2.31. The summed E-state index contributed by atoms with van der Waals surface area (Å²) in [4.78, 5) is 18.6. The van der Waals surface area contributed by atoms with E-state index in [1.165, 1.54) is 11.3 Å². The van der Waals surface area contributed by atoms with Crippen molar-refractivity contribution in [1.82, 2.24) is 10.3 Å². The third-order valence-corrected chi connectivity index (χ3v) is 5.33. The van der Waals surface area contributed by atoms with Gasteiger partial charge in [-0.15, -0.1) is 11.3 Å². The molecule has 0 aromatic carbocycles. The van der Waals surface area contributed by atoms with Crippen LogP contribution in [0, 0.1) is 6.92 Å². The Hall–Kier alpha value is -1.90. The standard InChI is InChI=1S/C16H14BrN3O3S/c1-7-5-8(6-22-2)11-12-13(24-16(11)18-7)15(21)20-14(19-12)9-3-4-10(17)23-9/h3-5,14,19H,6H2,1-2H3,(H,20,21)/t14-/m0/s1. The lowest BCUT2D eigenvalue weighted by Gasteiger charge is -2.24. The zero-order chi connectivity index (χ0) is 16.8. The van der Waals surface area contributed by atoms with Crippen molar-refractivity contribution in [3.05, 3.63) is 44.8 Å². The van der Waals surface area contributed by atoms with E-state index in [1.807, 2.05) is 19.1 Å². The van der Waals surface area contributed by atoms with E-state index in [4.69, 9.17) is 9.15 Å². The summed E-state index contributed by atoms with van der Waals surface area (Å²) in [5, 5.41) is 7.22. The smallest absolute Gasteiger partial charge is 0.265 e. The fourth-order valence-corrected chi connectivity index (χ4v) is 4.33. The number of hydrogen-bond donors (Lipinski definition) is 2. The van der Waals surface area contributed by atoms with Crippen molar-refractivity contribution in [2.75, 3.05) is 12.4 Å². The Labute approximate surface area is 150 Å². The van der Waals surface area contributed by atoms with Crippen LogP contribution >= 0.6 is 27.3 Å². The summed E-state index contributed by atoms with van der Waals surface area (Å²) >= 11 is 4.67. The van der Waals surface area contributed by atoms with E-state index in [-0.39, 0.29) is 5.91 Å². The van der Waals surface area contributed by atoms with Crippen LogP contribution in [0.5, 0.6) is 0 Å². The maximum atomic E-state index is 12.5. The van der Waals surface area contributed by atoms with Crippen LogP contribution in [-0.4, -0.2) is 18.0 Å². The van der Waals surface area contributed by atoms with Gasteiger partial charge in [-0.1, -0.05) is 0 Å². The number of halogens is 1. The molecule has 1 atom stereocenters. The van der Waals surface area contributed by atoms with Gasteiger partial charge in [0, 0.05) is 18.2 Å². The van der Waals surface area contributed by atoms with Gasteiger partial charge in [0.15, 0.2) is 10.8 Å². The molecule has 24 heavy (non-hydrogen) atoms. The van der Waals surface area contributed by atoms with E-state index in [1.54, 1.807) is 13.2 Å². The van der Waals surface area contributed by atoms with Gasteiger partial charge >= 0.3 is 0 Å². The average molecular weight is 408 g/mol. The number of carbonyl (C=O) groups is 1. The second-order valence-corrected chi connectivity index (χ2v) is 7.32. The number of pyridine rings is 1. The number of nitrogens with zero attached hydrogens (tertiary/aromatic N) is 1. The lowest BCUT2D eigenvalue weighted by Crippen LogP contribution is -2.37. The number of ether oxygens (including phenoxy) is 1. The van der Waals surface area contributed by atoms with Crippen LogP contribution in [0.1, 0.15) is 32.9 Å². The Morgan fingerprint density at radius 2 is 2.25 bits per heavy atom. The number of rotatable bonds is 3. The molecule has 4 rings (SSSR count). The molecule has 3 aromatic rings.